The lowest BCUT2D eigenvalue weighted by Gasteiger charge is -2.25. The van der Waals surface area contributed by atoms with E-state index in [0.29, 0.717) is 26.3 Å². The molecule has 1 aromatic carbocycles. The number of rotatable bonds is 2. The summed E-state index contributed by atoms with van der Waals surface area (Å²) < 4.78 is 6.23. The average molecular weight is 310 g/mol. The van der Waals surface area contributed by atoms with Crippen LogP contribution in [0.25, 0.3) is 6.08 Å². The number of hydrogen-bond acceptors (Lipinski definition) is 2. The highest BCUT2D eigenvalue weighted by Gasteiger charge is 2.13. The standard InChI is InChI=1S/C14H16BrNO2/c1-11-2-3-12(13(15)10-11)4-5-14(17)16-6-8-18-9-7-16/h2-5,10H,6-9H2,1H3. The number of carbonyl (C=O) groups excluding carboxylic acids is 1. The van der Waals surface area contributed by atoms with Crippen molar-refractivity contribution in [3.05, 3.63) is 39.9 Å². The van der Waals surface area contributed by atoms with Crippen LogP contribution < -0.4 is 0 Å². The van der Waals surface area contributed by atoms with Gasteiger partial charge in [-0.1, -0.05) is 28.1 Å². The molecule has 0 saturated carbocycles. The van der Waals surface area contributed by atoms with Gasteiger partial charge in [-0.2, -0.15) is 0 Å². The van der Waals surface area contributed by atoms with Gasteiger partial charge in [0.25, 0.3) is 0 Å². The van der Waals surface area contributed by atoms with E-state index in [9.17, 15) is 4.79 Å². The minimum atomic E-state index is 0.0470. The van der Waals surface area contributed by atoms with Gasteiger partial charge in [0.2, 0.25) is 5.91 Å². The number of nitrogens with zero attached hydrogens (tertiary/aromatic N) is 1. The molecule has 18 heavy (non-hydrogen) atoms. The number of hydrogen-bond donors (Lipinski definition) is 0. The SMILES string of the molecule is Cc1ccc(C=CC(=O)N2CCOCC2)c(Br)c1. The van der Waals surface area contributed by atoms with Crippen LogP contribution in [-0.2, 0) is 9.53 Å². The molecule has 3 nitrogen and oxygen atoms in total. The van der Waals surface area contributed by atoms with Gasteiger partial charge in [0.1, 0.15) is 0 Å². The summed E-state index contributed by atoms with van der Waals surface area (Å²) in [6, 6.07) is 6.07. The maximum atomic E-state index is 11.9. The van der Waals surface area contributed by atoms with Crippen molar-refractivity contribution in [2.75, 3.05) is 26.3 Å². The second kappa shape index (κ2) is 6.16. The fourth-order valence-corrected chi connectivity index (χ4v) is 2.44. The number of halogens is 1. The molecule has 96 valence electrons. The van der Waals surface area contributed by atoms with E-state index in [1.54, 1.807) is 6.08 Å². The lowest BCUT2D eigenvalue weighted by atomic mass is 10.1. The second-order valence-electron chi connectivity index (χ2n) is 4.30. The molecule has 1 aliphatic heterocycles. The highest BCUT2D eigenvalue weighted by atomic mass is 79.9. The molecular formula is C14H16BrNO2. The first-order valence-electron chi connectivity index (χ1n) is 5.98. The van der Waals surface area contributed by atoms with Crippen molar-refractivity contribution in [1.82, 2.24) is 4.90 Å². The van der Waals surface area contributed by atoms with E-state index in [1.807, 2.05) is 36.1 Å². The van der Waals surface area contributed by atoms with Gasteiger partial charge in [-0.15, -0.1) is 0 Å². The molecule has 0 radical (unpaired) electrons. The fraction of sp³-hybridized carbons (Fsp3) is 0.357. The first-order valence-corrected chi connectivity index (χ1v) is 6.77. The zero-order valence-electron chi connectivity index (χ0n) is 10.4. The highest BCUT2D eigenvalue weighted by molar-refractivity contribution is 9.10. The molecule has 1 fully saturated rings. The van der Waals surface area contributed by atoms with Crippen molar-refractivity contribution >= 4 is 27.9 Å². The molecule has 1 amide bonds. The number of aryl methyl sites for hydroxylation is 1. The van der Waals surface area contributed by atoms with Crippen molar-refractivity contribution in [1.29, 1.82) is 0 Å². The van der Waals surface area contributed by atoms with Crippen molar-refractivity contribution in [2.24, 2.45) is 0 Å². The Morgan fingerprint density at radius 3 is 2.78 bits per heavy atom. The summed E-state index contributed by atoms with van der Waals surface area (Å²) >= 11 is 3.50. The van der Waals surface area contributed by atoms with Crippen LogP contribution >= 0.6 is 15.9 Å². The van der Waals surface area contributed by atoms with E-state index >= 15 is 0 Å². The number of amides is 1. The quantitative estimate of drug-likeness (QED) is 0.786. The molecule has 0 unspecified atom stereocenters. The van der Waals surface area contributed by atoms with Crippen molar-refractivity contribution in [3.63, 3.8) is 0 Å². The van der Waals surface area contributed by atoms with Gasteiger partial charge in [0.15, 0.2) is 0 Å². The molecule has 2 rings (SSSR count). The largest absolute Gasteiger partial charge is 0.378 e. The normalized spacial score (nSPS) is 16.2. The molecule has 0 bridgehead atoms. The summed E-state index contributed by atoms with van der Waals surface area (Å²) in [7, 11) is 0. The van der Waals surface area contributed by atoms with Gasteiger partial charge in [0.05, 0.1) is 13.2 Å². The fourth-order valence-electron chi connectivity index (χ4n) is 1.82. The summed E-state index contributed by atoms with van der Waals surface area (Å²) in [6.07, 6.45) is 3.47. The Morgan fingerprint density at radius 2 is 2.11 bits per heavy atom. The van der Waals surface area contributed by atoms with Gasteiger partial charge in [-0.25, -0.2) is 0 Å². The Kier molecular flexibility index (Phi) is 4.55. The number of carbonyl (C=O) groups is 1. The third-order valence-electron chi connectivity index (χ3n) is 2.88. The Hall–Kier alpha value is -1.13. The maximum absolute atomic E-state index is 11.9. The third-order valence-corrected chi connectivity index (χ3v) is 3.57. The van der Waals surface area contributed by atoms with Gasteiger partial charge in [-0.05, 0) is 30.2 Å². The van der Waals surface area contributed by atoms with E-state index in [4.69, 9.17) is 4.74 Å². The molecule has 1 aliphatic rings. The van der Waals surface area contributed by atoms with E-state index < -0.39 is 0 Å². The monoisotopic (exact) mass is 309 g/mol. The molecule has 1 saturated heterocycles. The summed E-state index contributed by atoms with van der Waals surface area (Å²) in [5, 5.41) is 0. The lowest BCUT2D eigenvalue weighted by molar-refractivity contribution is -0.129. The van der Waals surface area contributed by atoms with Crippen LogP contribution in [0.2, 0.25) is 0 Å². The van der Waals surface area contributed by atoms with Crippen LogP contribution in [-0.4, -0.2) is 37.1 Å². The number of ether oxygens (including phenoxy) is 1. The van der Waals surface area contributed by atoms with Gasteiger partial charge in [-0.3, -0.25) is 4.79 Å². The van der Waals surface area contributed by atoms with Crippen molar-refractivity contribution < 1.29 is 9.53 Å². The molecule has 4 heteroatoms. The molecule has 1 heterocycles. The third kappa shape index (κ3) is 3.43. The van der Waals surface area contributed by atoms with Crippen LogP contribution in [0, 0.1) is 6.92 Å². The summed E-state index contributed by atoms with van der Waals surface area (Å²) in [6.45, 7) is 4.66. The van der Waals surface area contributed by atoms with Crippen LogP contribution in [0.4, 0.5) is 0 Å². The molecule has 0 atom stereocenters. The van der Waals surface area contributed by atoms with Crippen LogP contribution in [0.5, 0.6) is 0 Å². The maximum Gasteiger partial charge on any atom is 0.246 e. The number of morpholine rings is 1. The molecule has 0 spiro atoms. The second-order valence-corrected chi connectivity index (χ2v) is 5.15. The van der Waals surface area contributed by atoms with E-state index in [1.165, 1.54) is 5.56 Å². The summed E-state index contributed by atoms with van der Waals surface area (Å²) in [5.74, 6) is 0.0470. The van der Waals surface area contributed by atoms with Crippen LogP contribution in [0.15, 0.2) is 28.7 Å². The van der Waals surface area contributed by atoms with E-state index in [0.717, 1.165) is 10.0 Å². The Balaban J connectivity index is 2.03. The van der Waals surface area contributed by atoms with Crippen LogP contribution in [0.1, 0.15) is 11.1 Å². The minimum absolute atomic E-state index is 0.0470. The molecule has 0 aromatic heterocycles. The molecular weight excluding hydrogens is 294 g/mol. The molecule has 0 N–H and O–H groups in total. The van der Waals surface area contributed by atoms with Gasteiger partial charge >= 0.3 is 0 Å². The Morgan fingerprint density at radius 1 is 1.39 bits per heavy atom. The predicted octanol–water partition coefficient (Wildman–Crippen LogP) is 2.63. The number of benzene rings is 1. The average Bonchev–Trinajstić information content (AvgIpc) is 2.38. The molecule has 0 aliphatic carbocycles. The van der Waals surface area contributed by atoms with E-state index in [2.05, 4.69) is 15.9 Å². The highest BCUT2D eigenvalue weighted by Crippen LogP contribution is 2.19. The summed E-state index contributed by atoms with van der Waals surface area (Å²) in [4.78, 5) is 13.7. The first-order chi connectivity index (χ1) is 8.66. The zero-order chi connectivity index (χ0) is 13.0. The minimum Gasteiger partial charge on any atom is -0.378 e. The first kappa shape index (κ1) is 13.3. The molecule has 1 aromatic rings. The zero-order valence-corrected chi connectivity index (χ0v) is 11.9. The van der Waals surface area contributed by atoms with Crippen molar-refractivity contribution in [2.45, 2.75) is 6.92 Å². The smallest absolute Gasteiger partial charge is 0.246 e. The van der Waals surface area contributed by atoms with Crippen molar-refractivity contribution in [3.8, 4) is 0 Å². The van der Waals surface area contributed by atoms with Gasteiger partial charge in [0, 0.05) is 23.6 Å². The Bertz CT molecular complexity index is 465. The van der Waals surface area contributed by atoms with Gasteiger partial charge < -0.3 is 9.64 Å². The van der Waals surface area contributed by atoms with E-state index in [-0.39, 0.29) is 5.91 Å². The lowest BCUT2D eigenvalue weighted by Crippen LogP contribution is -2.39. The predicted molar refractivity (Wildman–Crippen MR) is 75.3 cm³/mol. The Labute approximate surface area is 116 Å². The van der Waals surface area contributed by atoms with Crippen LogP contribution in [0.3, 0.4) is 0 Å². The summed E-state index contributed by atoms with van der Waals surface area (Å²) in [5.41, 5.74) is 2.21. The topological polar surface area (TPSA) is 29.5 Å².